The number of halogens is 1. The first-order valence-electron chi connectivity index (χ1n) is 8.93. The number of aliphatic hydroxyl groups excluding tert-OH is 1. The molecule has 1 fully saturated rings. The minimum Gasteiger partial charge on any atom is -0.395 e. The minimum absolute atomic E-state index is 0.105. The van der Waals surface area contributed by atoms with E-state index in [2.05, 4.69) is 14.6 Å². The van der Waals surface area contributed by atoms with Gasteiger partial charge in [0.25, 0.3) is 0 Å². The molecule has 1 aliphatic carbocycles. The zero-order valence-electron chi connectivity index (χ0n) is 15.1. The molecule has 3 rings (SSSR count). The molecule has 0 amide bonds. The summed E-state index contributed by atoms with van der Waals surface area (Å²) >= 11 is 6.86. The summed E-state index contributed by atoms with van der Waals surface area (Å²) in [7, 11) is -1.63. The second kappa shape index (κ2) is 8.87. The van der Waals surface area contributed by atoms with Crippen LogP contribution >= 0.6 is 22.9 Å². The van der Waals surface area contributed by atoms with Crippen LogP contribution in [-0.2, 0) is 10.0 Å². The second-order valence-corrected chi connectivity index (χ2v) is 10.5. The van der Waals surface area contributed by atoms with Crippen molar-refractivity contribution in [2.75, 3.05) is 18.6 Å². The maximum Gasteiger partial charge on any atom is 0.250 e. The van der Waals surface area contributed by atoms with E-state index in [-0.39, 0.29) is 16.7 Å². The maximum absolute atomic E-state index is 12.5. The van der Waals surface area contributed by atoms with Gasteiger partial charge >= 0.3 is 0 Å². The largest absolute Gasteiger partial charge is 0.395 e. The molecule has 0 spiro atoms. The van der Waals surface area contributed by atoms with Crippen molar-refractivity contribution in [3.8, 4) is 0 Å². The summed E-state index contributed by atoms with van der Waals surface area (Å²) in [5.41, 5.74) is 0. The molecule has 148 valence electrons. The summed E-state index contributed by atoms with van der Waals surface area (Å²) in [6.07, 6.45) is 5.34. The van der Waals surface area contributed by atoms with Crippen LogP contribution < -0.4 is 9.62 Å². The van der Waals surface area contributed by atoms with Gasteiger partial charge in [-0.3, -0.25) is 0 Å². The Labute approximate surface area is 169 Å². The molecule has 2 aromatic heterocycles. The van der Waals surface area contributed by atoms with Gasteiger partial charge < -0.3 is 10.0 Å². The zero-order chi connectivity index (χ0) is 19.4. The molecule has 2 N–H and O–H groups in total. The summed E-state index contributed by atoms with van der Waals surface area (Å²) < 4.78 is 28.3. The van der Waals surface area contributed by atoms with Gasteiger partial charge in [-0.2, -0.15) is 0 Å². The molecular weight excluding hydrogens is 406 g/mol. The van der Waals surface area contributed by atoms with Gasteiger partial charge in [0.2, 0.25) is 10.0 Å². The van der Waals surface area contributed by atoms with Crippen LogP contribution in [-0.4, -0.2) is 44.2 Å². The van der Waals surface area contributed by atoms with Crippen LogP contribution in [0.25, 0.3) is 0 Å². The van der Waals surface area contributed by atoms with Crippen molar-refractivity contribution in [1.82, 2.24) is 9.71 Å². The first-order chi connectivity index (χ1) is 12.9. The van der Waals surface area contributed by atoms with Crippen LogP contribution in [0.1, 0.15) is 25.7 Å². The summed E-state index contributed by atoms with van der Waals surface area (Å²) in [6, 6.07) is 8.78. The molecule has 0 radical (unpaired) electrons. The number of nitrogens with one attached hydrogen (secondary N) is 1. The SMILES string of the molecule is CN(c1ccccn1)C1CCC([C@@H](CO)NS(=O)(=O)c2ccc(Cl)s2)CC1. The average Bonchev–Trinajstić information content (AvgIpc) is 3.14. The van der Waals surface area contributed by atoms with Crippen molar-refractivity contribution in [3.05, 3.63) is 40.9 Å². The molecule has 27 heavy (non-hydrogen) atoms. The van der Waals surface area contributed by atoms with Crippen LogP contribution in [0.5, 0.6) is 0 Å². The standard InChI is InChI=1S/C18H24ClN3O3S2/c1-22(17-4-2-3-11-20-17)14-7-5-13(6-8-14)15(12-23)21-27(24,25)18-10-9-16(19)26-18/h2-4,9-11,13-15,21,23H,5-8,12H2,1H3/t13?,14?,15-/m1/s1. The number of nitrogens with zero attached hydrogens (tertiary/aromatic N) is 2. The first-order valence-corrected chi connectivity index (χ1v) is 11.6. The summed E-state index contributed by atoms with van der Waals surface area (Å²) in [4.78, 5) is 6.58. The quantitative estimate of drug-likeness (QED) is 0.706. The number of hydrogen-bond donors (Lipinski definition) is 2. The molecule has 1 saturated carbocycles. The Hall–Kier alpha value is -1.19. The smallest absolute Gasteiger partial charge is 0.250 e. The van der Waals surface area contributed by atoms with Crippen molar-refractivity contribution < 1.29 is 13.5 Å². The fraction of sp³-hybridized carbons (Fsp3) is 0.500. The highest BCUT2D eigenvalue weighted by atomic mass is 35.5. The predicted molar refractivity (Wildman–Crippen MR) is 109 cm³/mol. The second-order valence-electron chi connectivity index (χ2n) is 6.84. The lowest BCUT2D eigenvalue weighted by atomic mass is 9.81. The van der Waals surface area contributed by atoms with E-state index >= 15 is 0 Å². The summed E-state index contributed by atoms with van der Waals surface area (Å²) in [5.74, 6) is 1.04. The first kappa shape index (κ1) is 20.5. The number of sulfonamides is 1. The van der Waals surface area contributed by atoms with Crippen molar-refractivity contribution in [2.24, 2.45) is 5.92 Å². The van der Waals surface area contributed by atoms with Crippen LogP contribution in [0.4, 0.5) is 5.82 Å². The van der Waals surface area contributed by atoms with Gasteiger partial charge in [0.05, 0.1) is 10.9 Å². The Bertz CT molecular complexity index is 837. The van der Waals surface area contributed by atoms with E-state index < -0.39 is 16.1 Å². The molecule has 0 bridgehead atoms. The van der Waals surface area contributed by atoms with Gasteiger partial charge in [-0.25, -0.2) is 18.1 Å². The highest BCUT2D eigenvalue weighted by molar-refractivity contribution is 7.91. The molecular formula is C18H24ClN3O3S2. The van der Waals surface area contributed by atoms with E-state index in [0.717, 1.165) is 42.8 Å². The maximum atomic E-state index is 12.5. The van der Waals surface area contributed by atoms with E-state index in [4.69, 9.17) is 11.6 Å². The van der Waals surface area contributed by atoms with Gasteiger partial charge in [-0.15, -0.1) is 11.3 Å². The van der Waals surface area contributed by atoms with E-state index in [1.54, 1.807) is 12.3 Å². The number of hydrogen-bond acceptors (Lipinski definition) is 6. The highest BCUT2D eigenvalue weighted by Gasteiger charge is 2.32. The Morgan fingerprint density at radius 2 is 2.04 bits per heavy atom. The van der Waals surface area contributed by atoms with Gasteiger partial charge in [0.1, 0.15) is 10.0 Å². The lowest BCUT2D eigenvalue weighted by Gasteiger charge is -2.37. The van der Waals surface area contributed by atoms with E-state index in [0.29, 0.717) is 10.4 Å². The Balaban J connectivity index is 1.60. The van der Waals surface area contributed by atoms with Crippen LogP contribution in [0.3, 0.4) is 0 Å². The topological polar surface area (TPSA) is 82.5 Å². The van der Waals surface area contributed by atoms with Crippen molar-refractivity contribution in [3.63, 3.8) is 0 Å². The average molecular weight is 430 g/mol. The fourth-order valence-corrected chi connectivity index (χ4v) is 6.42. The van der Waals surface area contributed by atoms with Crippen LogP contribution in [0, 0.1) is 5.92 Å². The molecule has 6 nitrogen and oxygen atoms in total. The molecule has 0 saturated heterocycles. The Morgan fingerprint density at radius 3 is 2.59 bits per heavy atom. The molecule has 1 aliphatic rings. The Morgan fingerprint density at radius 1 is 1.30 bits per heavy atom. The third-order valence-corrected chi connectivity index (χ3v) is 8.40. The number of pyridine rings is 1. The number of aromatic nitrogens is 1. The monoisotopic (exact) mass is 429 g/mol. The minimum atomic E-state index is -3.67. The number of aliphatic hydroxyl groups is 1. The zero-order valence-corrected chi connectivity index (χ0v) is 17.5. The highest BCUT2D eigenvalue weighted by Crippen LogP contribution is 2.32. The molecule has 0 aliphatic heterocycles. The lowest BCUT2D eigenvalue weighted by Crippen LogP contribution is -2.46. The van der Waals surface area contributed by atoms with Gasteiger partial charge in [-0.05, 0) is 55.9 Å². The molecule has 2 aromatic rings. The third-order valence-electron chi connectivity index (χ3n) is 5.19. The van der Waals surface area contributed by atoms with E-state index in [9.17, 15) is 13.5 Å². The lowest BCUT2D eigenvalue weighted by molar-refractivity contribution is 0.181. The third kappa shape index (κ3) is 5.00. The predicted octanol–water partition coefficient (Wildman–Crippen LogP) is 3.13. The number of anilines is 1. The molecule has 1 atom stereocenters. The van der Waals surface area contributed by atoms with Crippen LogP contribution in [0.2, 0.25) is 4.34 Å². The van der Waals surface area contributed by atoms with Gasteiger partial charge in [0, 0.05) is 25.3 Å². The molecule has 9 heteroatoms. The molecule has 2 heterocycles. The molecule has 0 aromatic carbocycles. The summed E-state index contributed by atoms with van der Waals surface area (Å²) in [5, 5.41) is 9.78. The van der Waals surface area contributed by atoms with E-state index in [1.165, 1.54) is 6.07 Å². The fourth-order valence-electron chi connectivity index (χ4n) is 3.62. The van der Waals surface area contributed by atoms with Crippen LogP contribution in [0.15, 0.2) is 40.7 Å². The van der Waals surface area contributed by atoms with Crippen molar-refractivity contribution >= 4 is 38.8 Å². The van der Waals surface area contributed by atoms with E-state index in [1.807, 2.05) is 25.2 Å². The van der Waals surface area contributed by atoms with Crippen molar-refractivity contribution in [1.29, 1.82) is 0 Å². The van der Waals surface area contributed by atoms with Gasteiger partial charge in [-0.1, -0.05) is 17.7 Å². The number of rotatable bonds is 7. The summed E-state index contributed by atoms with van der Waals surface area (Å²) in [6.45, 7) is -0.219. The van der Waals surface area contributed by atoms with Crippen molar-refractivity contribution in [2.45, 2.75) is 42.0 Å². The van der Waals surface area contributed by atoms with Gasteiger partial charge in [0.15, 0.2) is 0 Å². The Kier molecular flexibility index (Phi) is 6.75. The number of thiophene rings is 1. The molecule has 0 unspecified atom stereocenters. The normalized spacial score (nSPS) is 21.7.